The van der Waals surface area contributed by atoms with E-state index in [2.05, 4.69) is 21.2 Å². The van der Waals surface area contributed by atoms with Crippen LogP contribution in [0.25, 0.3) is 6.08 Å². The first-order chi connectivity index (χ1) is 16.8. The van der Waals surface area contributed by atoms with Crippen LogP contribution in [-0.2, 0) is 9.59 Å². The number of rotatable bonds is 7. The molecule has 178 valence electrons. The Morgan fingerprint density at radius 2 is 1.80 bits per heavy atom. The van der Waals surface area contributed by atoms with Gasteiger partial charge in [-0.2, -0.15) is 0 Å². The first-order valence-electron chi connectivity index (χ1n) is 10.5. The Balaban J connectivity index is 1.44. The third kappa shape index (κ3) is 6.11. The number of thioether (sulfide) groups is 1. The highest BCUT2D eigenvalue weighted by molar-refractivity contribution is 9.10. The van der Waals surface area contributed by atoms with E-state index in [0.29, 0.717) is 32.1 Å². The summed E-state index contributed by atoms with van der Waals surface area (Å²) in [7, 11) is 1.52. The van der Waals surface area contributed by atoms with Gasteiger partial charge >= 0.3 is 0 Å². The van der Waals surface area contributed by atoms with Crippen LogP contribution in [0, 0.1) is 6.92 Å². The van der Waals surface area contributed by atoms with E-state index in [1.807, 2.05) is 55.5 Å². The molecule has 2 amide bonds. The summed E-state index contributed by atoms with van der Waals surface area (Å²) >= 11 is 10.1. The molecule has 1 fully saturated rings. The maximum atomic E-state index is 13.0. The first-order valence-corrected chi connectivity index (χ1v) is 12.6. The minimum Gasteiger partial charge on any atom is -0.493 e. The van der Waals surface area contributed by atoms with Crippen molar-refractivity contribution in [3.63, 3.8) is 0 Å². The van der Waals surface area contributed by atoms with Crippen LogP contribution >= 0.6 is 39.9 Å². The molecule has 6 nitrogen and oxygen atoms in total. The maximum absolute atomic E-state index is 13.0. The molecule has 0 saturated carbocycles. The quantitative estimate of drug-likeness (QED) is 0.271. The largest absolute Gasteiger partial charge is 0.493 e. The summed E-state index contributed by atoms with van der Waals surface area (Å²) in [5.41, 5.74) is 3.27. The monoisotopic (exact) mass is 568 g/mol. The molecule has 0 spiro atoms. The highest BCUT2D eigenvalue weighted by Crippen LogP contribution is 2.37. The number of nitrogens with one attached hydrogen (secondary N) is 1. The molecule has 4 rings (SSSR count). The normalized spacial score (nSPS) is 14.4. The molecule has 3 aromatic carbocycles. The van der Waals surface area contributed by atoms with Crippen molar-refractivity contribution in [1.82, 2.24) is 0 Å². The van der Waals surface area contributed by atoms with E-state index in [9.17, 15) is 9.59 Å². The first kappa shape index (κ1) is 25.0. The van der Waals surface area contributed by atoms with E-state index in [1.165, 1.54) is 23.8 Å². The van der Waals surface area contributed by atoms with Gasteiger partial charge in [-0.05, 0) is 67.1 Å². The summed E-state index contributed by atoms with van der Waals surface area (Å²) in [6.07, 6.45) is 1.76. The average molecular weight is 570 g/mol. The zero-order chi connectivity index (χ0) is 24.9. The number of amides is 2. The molecule has 0 unspecified atom stereocenters. The lowest BCUT2D eigenvalue weighted by molar-refractivity contribution is -0.118. The molecule has 1 saturated heterocycles. The van der Waals surface area contributed by atoms with Crippen molar-refractivity contribution in [2.75, 3.05) is 23.9 Å². The summed E-state index contributed by atoms with van der Waals surface area (Å²) in [5.74, 6) is 0.405. The minimum absolute atomic E-state index is 0.171. The average Bonchev–Trinajstić information content (AvgIpc) is 3.12. The van der Waals surface area contributed by atoms with E-state index in [0.717, 1.165) is 15.6 Å². The van der Waals surface area contributed by atoms with Crippen molar-refractivity contribution in [3.05, 3.63) is 87.2 Å². The van der Waals surface area contributed by atoms with E-state index < -0.39 is 0 Å². The van der Waals surface area contributed by atoms with Gasteiger partial charge in [0.1, 0.15) is 0 Å². The Labute approximate surface area is 221 Å². The van der Waals surface area contributed by atoms with Crippen molar-refractivity contribution in [3.8, 4) is 11.5 Å². The van der Waals surface area contributed by atoms with Gasteiger partial charge < -0.3 is 14.8 Å². The molecule has 35 heavy (non-hydrogen) atoms. The Morgan fingerprint density at radius 3 is 2.49 bits per heavy atom. The Kier molecular flexibility index (Phi) is 7.90. The number of benzene rings is 3. The Morgan fingerprint density at radius 1 is 1.09 bits per heavy atom. The van der Waals surface area contributed by atoms with E-state index >= 15 is 0 Å². The zero-order valence-corrected chi connectivity index (χ0v) is 22.1. The molecule has 0 bridgehead atoms. The third-order valence-electron chi connectivity index (χ3n) is 5.06. The summed E-state index contributed by atoms with van der Waals surface area (Å²) in [6.45, 7) is 1.81. The smallest absolute Gasteiger partial charge is 0.270 e. The highest BCUT2D eigenvalue weighted by Gasteiger charge is 2.33. The number of aryl methyl sites for hydroxylation is 1. The fourth-order valence-corrected chi connectivity index (χ4v) is 4.87. The lowest BCUT2D eigenvalue weighted by Gasteiger charge is -2.14. The second-order valence-electron chi connectivity index (χ2n) is 7.61. The van der Waals surface area contributed by atoms with Gasteiger partial charge in [0, 0.05) is 10.2 Å². The number of anilines is 2. The maximum Gasteiger partial charge on any atom is 0.270 e. The van der Waals surface area contributed by atoms with Crippen molar-refractivity contribution < 1.29 is 19.1 Å². The van der Waals surface area contributed by atoms with Gasteiger partial charge in [0.25, 0.3) is 11.8 Å². The van der Waals surface area contributed by atoms with Crippen molar-refractivity contribution in [1.29, 1.82) is 0 Å². The summed E-state index contributed by atoms with van der Waals surface area (Å²) in [6, 6.07) is 20.2. The predicted octanol–water partition coefficient (Wildman–Crippen LogP) is 6.19. The third-order valence-corrected chi connectivity index (χ3v) is 6.89. The van der Waals surface area contributed by atoms with Crippen LogP contribution in [-0.4, -0.2) is 29.9 Å². The SMILES string of the molecule is COc1cc(/C=C2/SC(=S)N(c3ccc(Br)cc3)C2=O)ccc1OCC(=O)Nc1ccc(C)cc1. The van der Waals surface area contributed by atoms with Gasteiger partial charge in [-0.1, -0.05) is 63.7 Å². The lowest BCUT2D eigenvalue weighted by atomic mass is 10.2. The zero-order valence-electron chi connectivity index (χ0n) is 18.9. The fourth-order valence-electron chi connectivity index (χ4n) is 3.30. The van der Waals surface area contributed by atoms with Gasteiger partial charge in [0.05, 0.1) is 17.7 Å². The number of hydrogen-bond donors (Lipinski definition) is 1. The van der Waals surface area contributed by atoms with Crippen molar-refractivity contribution in [2.45, 2.75) is 6.92 Å². The number of carbonyl (C=O) groups excluding carboxylic acids is 2. The summed E-state index contributed by atoms with van der Waals surface area (Å²) < 4.78 is 12.5. The molecule has 1 N–H and O–H groups in total. The van der Waals surface area contributed by atoms with E-state index in [4.69, 9.17) is 21.7 Å². The summed E-state index contributed by atoms with van der Waals surface area (Å²) in [4.78, 5) is 27.3. The number of hydrogen-bond acceptors (Lipinski definition) is 6. The highest BCUT2D eigenvalue weighted by atomic mass is 79.9. The van der Waals surface area contributed by atoms with Gasteiger partial charge in [0.2, 0.25) is 0 Å². The van der Waals surface area contributed by atoms with Crippen molar-refractivity contribution in [2.24, 2.45) is 0 Å². The van der Waals surface area contributed by atoms with Crippen LogP contribution in [0.15, 0.2) is 76.1 Å². The number of ether oxygens (including phenoxy) is 2. The lowest BCUT2D eigenvalue weighted by Crippen LogP contribution is -2.27. The van der Waals surface area contributed by atoms with E-state index in [-0.39, 0.29) is 18.4 Å². The number of thiocarbonyl (C=S) groups is 1. The van der Waals surface area contributed by atoms with Gasteiger partial charge in [-0.15, -0.1) is 0 Å². The number of methoxy groups -OCH3 is 1. The molecule has 0 radical (unpaired) electrons. The predicted molar refractivity (Wildman–Crippen MR) is 148 cm³/mol. The molecule has 9 heteroatoms. The fraction of sp³-hybridized carbons (Fsp3) is 0.115. The van der Waals surface area contributed by atoms with Gasteiger partial charge in [-0.3, -0.25) is 14.5 Å². The van der Waals surface area contributed by atoms with Crippen LogP contribution in [0.4, 0.5) is 11.4 Å². The molecule has 1 heterocycles. The number of halogens is 1. The summed E-state index contributed by atoms with van der Waals surface area (Å²) in [5, 5.41) is 2.79. The molecule has 1 aliphatic heterocycles. The molecule has 0 atom stereocenters. The molecular weight excluding hydrogens is 548 g/mol. The molecule has 0 aromatic heterocycles. The molecular formula is C26H21BrN2O4S2. The number of nitrogens with zero attached hydrogens (tertiary/aromatic N) is 1. The van der Waals surface area contributed by atoms with Gasteiger partial charge in [0.15, 0.2) is 22.4 Å². The van der Waals surface area contributed by atoms with Gasteiger partial charge in [-0.25, -0.2) is 0 Å². The van der Waals surface area contributed by atoms with Crippen LogP contribution < -0.4 is 19.7 Å². The minimum atomic E-state index is -0.281. The topological polar surface area (TPSA) is 67.9 Å². The van der Waals surface area contributed by atoms with Crippen molar-refractivity contribution >= 4 is 73.5 Å². The molecule has 3 aromatic rings. The second-order valence-corrected chi connectivity index (χ2v) is 10.2. The van der Waals surface area contributed by atoms with Crippen LogP contribution in [0.2, 0.25) is 0 Å². The van der Waals surface area contributed by atoms with Crippen LogP contribution in [0.1, 0.15) is 11.1 Å². The Bertz CT molecular complexity index is 1310. The molecule has 0 aliphatic carbocycles. The molecule has 1 aliphatic rings. The van der Waals surface area contributed by atoms with Crippen LogP contribution in [0.5, 0.6) is 11.5 Å². The Hall–Kier alpha value is -3.14. The van der Waals surface area contributed by atoms with E-state index in [1.54, 1.807) is 24.3 Å². The van der Waals surface area contributed by atoms with Crippen LogP contribution in [0.3, 0.4) is 0 Å². The second kappa shape index (κ2) is 11.1. The number of carbonyl (C=O) groups is 2. The standard InChI is InChI=1S/C26H21BrN2O4S2/c1-16-3-8-19(9-4-16)28-24(30)15-33-21-12-5-17(13-22(21)32-2)14-23-25(31)29(26(34)35-23)20-10-6-18(27)7-11-20/h3-14H,15H2,1-2H3,(H,28,30)/b23-14+.